The number of hydrogen-bond acceptors (Lipinski definition) is 7. The third kappa shape index (κ3) is 4.39. The second-order valence-electron chi connectivity index (χ2n) is 6.97. The molecular weight excluding hydrogens is 409 g/mol. The molecule has 0 bridgehead atoms. The second-order valence-corrected chi connectivity index (χ2v) is 7.98. The summed E-state index contributed by atoms with van der Waals surface area (Å²) in [6.07, 6.45) is 0. The number of amides is 1. The number of rotatable bonds is 6. The Morgan fingerprint density at radius 3 is 2.70 bits per heavy atom. The van der Waals surface area contributed by atoms with Gasteiger partial charge in [-0.3, -0.25) is 19.8 Å². The van der Waals surface area contributed by atoms with Crippen LogP contribution < -0.4 is 10.2 Å². The molecule has 2 heterocycles. The van der Waals surface area contributed by atoms with E-state index in [1.165, 1.54) is 29.5 Å². The minimum Gasteiger partial charge on any atom is -0.351 e. The zero-order valence-corrected chi connectivity index (χ0v) is 16.9. The number of thiazole rings is 1. The van der Waals surface area contributed by atoms with Crippen molar-refractivity contribution in [3.63, 3.8) is 0 Å². The number of nitro groups is 1. The first kappa shape index (κ1) is 20.2. The Bertz CT molecular complexity index is 1080. The third-order valence-corrected chi connectivity index (χ3v) is 6.13. The van der Waals surface area contributed by atoms with Crippen LogP contribution in [0.15, 0.2) is 42.5 Å². The first-order chi connectivity index (χ1) is 14.5. The van der Waals surface area contributed by atoms with Crippen LogP contribution in [0.4, 0.5) is 15.2 Å². The van der Waals surface area contributed by atoms with Crippen molar-refractivity contribution in [2.45, 2.75) is 0 Å². The summed E-state index contributed by atoms with van der Waals surface area (Å²) in [5, 5.41) is 14.6. The molecule has 0 saturated carbocycles. The topological polar surface area (TPSA) is 91.6 Å². The SMILES string of the molecule is O=C(NCCN1CCN(c2nc3ccc([N+](=O)[O-])cc3s2)CC1)c1ccccc1F. The smallest absolute Gasteiger partial charge is 0.270 e. The van der Waals surface area contributed by atoms with Gasteiger partial charge >= 0.3 is 0 Å². The number of fused-ring (bicyclic) bond motifs is 1. The fourth-order valence-corrected chi connectivity index (χ4v) is 4.43. The molecule has 30 heavy (non-hydrogen) atoms. The van der Waals surface area contributed by atoms with E-state index >= 15 is 0 Å². The molecule has 1 aliphatic rings. The van der Waals surface area contributed by atoms with Gasteiger partial charge in [-0.05, 0) is 18.2 Å². The summed E-state index contributed by atoms with van der Waals surface area (Å²) < 4.78 is 14.5. The standard InChI is InChI=1S/C20H20FN5O3S/c21-16-4-2-1-3-15(16)19(27)22-7-8-24-9-11-25(12-10-24)20-23-17-6-5-14(26(28)29)13-18(17)30-20/h1-6,13H,7-12H2,(H,22,27). The summed E-state index contributed by atoms with van der Waals surface area (Å²) >= 11 is 1.46. The fourth-order valence-electron chi connectivity index (χ4n) is 3.38. The van der Waals surface area contributed by atoms with Crippen molar-refractivity contribution in [2.75, 3.05) is 44.2 Å². The van der Waals surface area contributed by atoms with Crippen LogP contribution in [0, 0.1) is 15.9 Å². The van der Waals surface area contributed by atoms with Gasteiger partial charge in [0.15, 0.2) is 5.13 Å². The molecule has 1 amide bonds. The molecule has 3 aromatic rings. The van der Waals surface area contributed by atoms with Gasteiger partial charge < -0.3 is 10.2 Å². The monoisotopic (exact) mass is 429 g/mol. The predicted molar refractivity (Wildman–Crippen MR) is 114 cm³/mol. The summed E-state index contributed by atoms with van der Waals surface area (Å²) in [5.74, 6) is -0.930. The van der Waals surface area contributed by atoms with Crippen LogP contribution in [-0.4, -0.2) is 60.0 Å². The average Bonchev–Trinajstić information content (AvgIpc) is 3.18. The Balaban J connectivity index is 1.28. The Morgan fingerprint density at radius 1 is 1.20 bits per heavy atom. The highest BCUT2D eigenvalue weighted by atomic mass is 32.1. The average molecular weight is 429 g/mol. The number of nitrogens with one attached hydrogen (secondary N) is 1. The molecule has 156 valence electrons. The Morgan fingerprint density at radius 2 is 1.97 bits per heavy atom. The van der Waals surface area contributed by atoms with Crippen LogP contribution in [0.25, 0.3) is 10.2 Å². The van der Waals surface area contributed by atoms with Gasteiger partial charge in [0.25, 0.3) is 11.6 Å². The van der Waals surface area contributed by atoms with E-state index in [1.54, 1.807) is 24.3 Å². The highest BCUT2D eigenvalue weighted by molar-refractivity contribution is 7.22. The molecular formula is C20H20FN5O3S. The molecule has 0 atom stereocenters. The number of piperazine rings is 1. The van der Waals surface area contributed by atoms with Gasteiger partial charge in [0, 0.05) is 51.4 Å². The van der Waals surface area contributed by atoms with E-state index in [-0.39, 0.29) is 11.3 Å². The predicted octanol–water partition coefficient (Wildman–Crippen LogP) is 2.90. The number of anilines is 1. The van der Waals surface area contributed by atoms with Crippen LogP contribution in [0.1, 0.15) is 10.4 Å². The zero-order chi connectivity index (χ0) is 21.1. The van der Waals surface area contributed by atoms with Crippen LogP contribution in [-0.2, 0) is 0 Å². The van der Waals surface area contributed by atoms with E-state index in [4.69, 9.17) is 0 Å². The number of aromatic nitrogens is 1. The summed E-state index contributed by atoms with van der Waals surface area (Å²) in [7, 11) is 0. The van der Waals surface area contributed by atoms with Gasteiger partial charge in [-0.2, -0.15) is 0 Å². The number of halogens is 1. The van der Waals surface area contributed by atoms with Crippen molar-refractivity contribution >= 4 is 38.3 Å². The van der Waals surface area contributed by atoms with Gasteiger partial charge in [0.2, 0.25) is 0 Å². The number of benzene rings is 2. The molecule has 10 heteroatoms. The Labute approximate surface area is 176 Å². The van der Waals surface area contributed by atoms with Gasteiger partial charge in [-0.25, -0.2) is 9.37 Å². The van der Waals surface area contributed by atoms with Crippen molar-refractivity contribution in [2.24, 2.45) is 0 Å². The van der Waals surface area contributed by atoms with E-state index < -0.39 is 16.6 Å². The van der Waals surface area contributed by atoms with Crippen LogP contribution in [0.2, 0.25) is 0 Å². The lowest BCUT2D eigenvalue weighted by atomic mass is 10.2. The van der Waals surface area contributed by atoms with Crippen LogP contribution in [0.3, 0.4) is 0 Å². The first-order valence-electron chi connectivity index (χ1n) is 9.56. The van der Waals surface area contributed by atoms with Crippen LogP contribution in [0.5, 0.6) is 0 Å². The van der Waals surface area contributed by atoms with Crippen molar-refractivity contribution in [3.05, 3.63) is 64.0 Å². The summed E-state index contributed by atoms with van der Waals surface area (Å²) in [6.45, 7) is 4.31. The number of nitro benzene ring substituents is 1. The number of nitrogens with zero attached hydrogens (tertiary/aromatic N) is 4. The molecule has 4 rings (SSSR count). The molecule has 1 fully saturated rings. The lowest BCUT2D eigenvalue weighted by Gasteiger charge is -2.34. The van der Waals surface area contributed by atoms with Crippen LogP contribution >= 0.6 is 11.3 Å². The van der Waals surface area contributed by atoms with E-state index in [0.29, 0.717) is 13.1 Å². The quantitative estimate of drug-likeness (QED) is 0.479. The summed E-state index contributed by atoms with van der Waals surface area (Å²) in [4.78, 5) is 31.6. The molecule has 1 aliphatic heterocycles. The number of hydrogen-bond donors (Lipinski definition) is 1. The maximum absolute atomic E-state index is 13.6. The molecule has 0 unspecified atom stereocenters. The minimum atomic E-state index is -0.523. The lowest BCUT2D eigenvalue weighted by molar-refractivity contribution is -0.384. The number of carbonyl (C=O) groups is 1. The zero-order valence-electron chi connectivity index (χ0n) is 16.1. The summed E-state index contributed by atoms with van der Waals surface area (Å²) in [6, 6.07) is 10.6. The van der Waals surface area contributed by atoms with E-state index in [2.05, 4.69) is 20.1 Å². The highest BCUT2D eigenvalue weighted by Crippen LogP contribution is 2.31. The van der Waals surface area contributed by atoms with E-state index in [0.717, 1.165) is 41.5 Å². The molecule has 8 nitrogen and oxygen atoms in total. The Kier molecular flexibility index (Phi) is 5.86. The van der Waals surface area contributed by atoms with E-state index in [9.17, 15) is 19.3 Å². The van der Waals surface area contributed by atoms with Crippen molar-refractivity contribution < 1.29 is 14.1 Å². The summed E-state index contributed by atoms with van der Waals surface area (Å²) in [5.41, 5.74) is 0.886. The maximum Gasteiger partial charge on any atom is 0.270 e. The molecule has 1 saturated heterocycles. The molecule has 1 N–H and O–H groups in total. The number of carbonyl (C=O) groups excluding carboxylic acids is 1. The minimum absolute atomic E-state index is 0.0541. The molecule has 1 aromatic heterocycles. The molecule has 0 aliphatic carbocycles. The Hall–Kier alpha value is -3.11. The number of non-ortho nitro benzene ring substituents is 1. The largest absolute Gasteiger partial charge is 0.351 e. The van der Waals surface area contributed by atoms with Gasteiger partial charge in [0.05, 0.1) is 20.7 Å². The van der Waals surface area contributed by atoms with Crippen molar-refractivity contribution in [1.29, 1.82) is 0 Å². The second kappa shape index (κ2) is 8.72. The first-order valence-corrected chi connectivity index (χ1v) is 10.4. The van der Waals surface area contributed by atoms with Gasteiger partial charge in [-0.1, -0.05) is 23.5 Å². The fraction of sp³-hybridized carbons (Fsp3) is 0.300. The molecule has 0 radical (unpaired) electrons. The normalized spacial score (nSPS) is 14.8. The molecule has 2 aromatic carbocycles. The highest BCUT2D eigenvalue weighted by Gasteiger charge is 2.20. The van der Waals surface area contributed by atoms with E-state index in [1.807, 2.05) is 0 Å². The van der Waals surface area contributed by atoms with Gasteiger partial charge in [0.1, 0.15) is 5.82 Å². The van der Waals surface area contributed by atoms with Crippen molar-refractivity contribution in [1.82, 2.24) is 15.2 Å². The molecule has 0 spiro atoms. The lowest BCUT2D eigenvalue weighted by Crippen LogP contribution is -2.48. The van der Waals surface area contributed by atoms with Crippen molar-refractivity contribution in [3.8, 4) is 0 Å². The van der Waals surface area contributed by atoms with Gasteiger partial charge in [-0.15, -0.1) is 0 Å². The maximum atomic E-state index is 13.6. The third-order valence-electron chi connectivity index (χ3n) is 5.05.